The Morgan fingerprint density at radius 2 is 1.93 bits per heavy atom. The molecule has 92 valence electrons. The molecule has 1 atom stereocenters. The van der Waals surface area contributed by atoms with Crippen LogP contribution in [0.5, 0.6) is 0 Å². The minimum atomic E-state index is -3.20. The standard InChI is InChI=1S/C9H21NO4S/c1-4-9(2)10-15(11,12)8-7-14-6-5-13-3/h9-10H,4-8H2,1-3H3. The number of hydrogen-bond acceptors (Lipinski definition) is 4. The van der Waals surface area contributed by atoms with Crippen LogP contribution >= 0.6 is 0 Å². The summed E-state index contributed by atoms with van der Waals surface area (Å²) in [5.41, 5.74) is 0. The van der Waals surface area contributed by atoms with Gasteiger partial charge in [0.1, 0.15) is 0 Å². The molecule has 0 saturated carbocycles. The number of sulfonamides is 1. The number of rotatable bonds is 9. The Hall–Kier alpha value is -0.170. The van der Waals surface area contributed by atoms with Crippen molar-refractivity contribution < 1.29 is 17.9 Å². The zero-order chi connectivity index (χ0) is 11.7. The summed E-state index contributed by atoms with van der Waals surface area (Å²) in [5.74, 6) is 0.00105. The van der Waals surface area contributed by atoms with Gasteiger partial charge in [-0.15, -0.1) is 0 Å². The Morgan fingerprint density at radius 3 is 2.47 bits per heavy atom. The number of ether oxygens (including phenoxy) is 2. The zero-order valence-electron chi connectivity index (χ0n) is 9.65. The Bertz CT molecular complexity index is 240. The second-order valence-corrected chi connectivity index (χ2v) is 5.22. The maximum absolute atomic E-state index is 11.4. The van der Waals surface area contributed by atoms with Crippen LogP contribution in [0.1, 0.15) is 20.3 Å². The average Bonchev–Trinajstić information content (AvgIpc) is 2.16. The third-order valence-electron chi connectivity index (χ3n) is 1.92. The summed E-state index contributed by atoms with van der Waals surface area (Å²) in [7, 11) is -1.62. The monoisotopic (exact) mass is 239 g/mol. The van der Waals surface area contributed by atoms with Crippen molar-refractivity contribution in [2.24, 2.45) is 0 Å². The molecule has 0 spiro atoms. The lowest BCUT2D eigenvalue weighted by Crippen LogP contribution is -2.35. The third-order valence-corrected chi connectivity index (χ3v) is 3.39. The van der Waals surface area contributed by atoms with Crippen LogP contribution in [0.4, 0.5) is 0 Å². The first-order chi connectivity index (χ1) is 7.02. The summed E-state index contributed by atoms with van der Waals surface area (Å²) in [6.07, 6.45) is 0.782. The predicted octanol–water partition coefficient (Wildman–Crippen LogP) is 0.367. The van der Waals surface area contributed by atoms with E-state index in [1.165, 1.54) is 0 Å². The lowest BCUT2D eigenvalue weighted by atomic mass is 10.3. The van der Waals surface area contributed by atoms with Gasteiger partial charge in [0, 0.05) is 13.2 Å². The quantitative estimate of drug-likeness (QED) is 0.590. The highest BCUT2D eigenvalue weighted by molar-refractivity contribution is 7.89. The van der Waals surface area contributed by atoms with Gasteiger partial charge in [0.2, 0.25) is 10.0 Å². The SMILES string of the molecule is CCC(C)NS(=O)(=O)CCOCCOC. The van der Waals surface area contributed by atoms with E-state index in [4.69, 9.17) is 9.47 Å². The number of nitrogens with one attached hydrogen (secondary N) is 1. The van der Waals surface area contributed by atoms with Crippen molar-refractivity contribution in [2.75, 3.05) is 32.7 Å². The van der Waals surface area contributed by atoms with Gasteiger partial charge in [-0.3, -0.25) is 0 Å². The van der Waals surface area contributed by atoms with Gasteiger partial charge in [0.25, 0.3) is 0 Å². The molecule has 0 heterocycles. The minimum Gasteiger partial charge on any atom is -0.382 e. The molecule has 0 aliphatic rings. The molecule has 0 aromatic rings. The Morgan fingerprint density at radius 1 is 1.27 bits per heavy atom. The van der Waals surface area contributed by atoms with Gasteiger partial charge in [-0.25, -0.2) is 13.1 Å². The first-order valence-corrected chi connectivity index (χ1v) is 6.73. The topological polar surface area (TPSA) is 64.6 Å². The highest BCUT2D eigenvalue weighted by atomic mass is 32.2. The van der Waals surface area contributed by atoms with Gasteiger partial charge >= 0.3 is 0 Å². The molecule has 0 rings (SSSR count). The first kappa shape index (κ1) is 14.8. The Balaban J connectivity index is 3.65. The Labute approximate surface area is 92.2 Å². The van der Waals surface area contributed by atoms with Gasteiger partial charge in [-0.05, 0) is 13.3 Å². The highest BCUT2D eigenvalue weighted by Gasteiger charge is 2.12. The van der Waals surface area contributed by atoms with E-state index in [0.29, 0.717) is 13.2 Å². The lowest BCUT2D eigenvalue weighted by Gasteiger charge is -2.11. The van der Waals surface area contributed by atoms with Crippen molar-refractivity contribution in [1.82, 2.24) is 4.72 Å². The molecule has 0 bridgehead atoms. The van der Waals surface area contributed by atoms with E-state index < -0.39 is 10.0 Å². The van der Waals surface area contributed by atoms with E-state index in [-0.39, 0.29) is 18.4 Å². The lowest BCUT2D eigenvalue weighted by molar-refractivity contribution is 0.0784. The molecule has 15 heavy (non-hydrogen) atoms. The van der Waals surface area contributed by atoms with Crippen LogP contribution in [0.3, 0.4) is 0 Å². The van der Waals surface area contributed by atoms with Crippen molar-refractivity contribution in [2.45, 2.75) is 26.3 Å². The van der Waals surface area contributed by atoms with Crippen LogP contribution < -0.4 is 4.72 Å². The summed E-state index contributed by atoms with van der Waals surface area (Å²) in [6, 6.07) is -0.0195. The molecule has 0 radical (unpaired) electrons. The fourth-order valence-corrected chi connectivity index (χ4v) is 2.10. The van der Waals surface area contributed by atoms with E-state index in [0.717, 1.165) is 6.42 Å². The maximum Gasteiger partial charge on any atom is 0.214 e. The van der Waals surface area contributed by atoms with Crippen molar-refractivity contribution in [3.63, 3.8) is 0 Å². The second kappa shape index (κ2) is 8.04. The fourth-order valence-electron chi connectivity index (χ4n) is 0.862. The highest BCUT2D eigenvalue weighted by Crippen LogP contribution is 1.93. The third kappa shape index (κ3) is 8.80. The van der Waals surface area contributed by atoms with Crippen LogP contribution in [-0.2, 0) is 19.5 Å². The molecule has 0 amide bonds. The van der Waals surface area contributed by atoms with Crippen molar-refractivity contribution in [3.05, 3.63) is 0 Å². The van der Waals surface area contributed by atoms with Crippen LogP contribution in [-0.4, -0.2) is 47.1 Å². The molecule has 0 fully saturated rings. The van der Waals surface area contributed by atoms with Gasteiger partial charge in [-0.2, -0.15) is 0 Å². The summed E-state index contributed by atoms with van der Waals surface area (Å²) >= 11 is 0. The van der Waals surface area contributed by atoms with E-state index in [1.54, 1.807) is 7.11 Å². The van der Waals surface area contributed by atoms with Crippen molar-refractivity contribution in [1.29, 1.82) is 0 Å². The van der Waals surface area contributed by atoms with Crippen LogP contribution in [0.25, 0.3) is 0 Å². The smallest absolute Gasteiger partial charge is 0.214 e. The van der Waals surface area contributed by atoms with Crippen molar-refractivity contribution >= 4 is 10.0 Å². The van der Waals surface area contributed by atoms with Crippen LogP contribution in [0.15, 0.2) is 0 Å². The minimum absolute atomic E-state index is 0.00105. The van der Waals surface area contributed by atoms with E-state index >= 15 is 0 Å². The molecule has 6 heteroatoms. The molecule has 5 nitrogen and oxygen atoms in total. The van der Waals surface area contributed by atoms with Gasteiger partial charge in [0.05, 0.1) is 25.6 Å². The Kier molecular flexibility index (Phi) is 7.95. The molecular weight excluding hydrogens is 218 g/mol. The molecule has 0 aliphatic carbocycles. The zero-order valence-corrected chi connectivity index (χ0v) is 10.5. The van der Waals surface area contributed by atoms with Gasteiger partial charge < -0.3 is 9.47 Å². The summed E-state index contributed by atoms with van der Waals surface area (Å²) in [6.45, 7) is 4.88. The predicted molar refractivity (Wildman–Crippen MR) is 59.4 cm³/mol. The fraction of sp³-hybridized carbons (Fsp3) is 1.00. The molecule has 0 aromatic heterocycles. The summed E-state index contributed by atoms with van der Waals surface area (Å²) < 4.78 is 35.2. The van der Waals surface area contributed by atoms with E-state index in [9.17, 15) is 8.42 Å². The number of methoxy groups -OCH3 is 1. The largest absolute Gasteiger partial charge is 0.382 e. The normalized spacial score (nSPS) is 14.1. The molecule has 1 N–H and O–H groups in total. The second-order valence-electron chi connectivity index (χ2n) is 3.35. The van der Waals surface area contributed by atoms with E-state index in [1.807, 2.05) is 13.8 Å². The molecule has 0 aromatic carbocycles. The van der Waals surface area contributed by atoms with Crippen LogP contribution in [0.2, 0.25) is 0 Å². The molecular formula is C9H21NO4S. The van der Waals surface area contributed by atoms with Gasteiger partial charge in [0.15, 0.2) is 0 Å². The molecule has 0 saturated heterocycles. The summed E-state index contributed by atoms with van der Waals surface area (Å²) in [4.78, 5) is 0. The first-order valence-electron chi connectivity index (χ1n) is 5.08. The average molecular weight is 239 g/mol. The van der Waals surface area contributed by atoms with Gasteiger partial charge in [-0.1, -0.05) is 6.92 Å². The number of hydrogen-bond donors (Lipinski definition) is 1. The van der Waals surface area contributed by atoms with Crippen LogP contribution in [0, 0.1) is 0 Å². The summed E-state index contributed by atoms with van der Waals surface area (Å²) in [5, 5.41) is 0. The van der Waals surface area contributed by atoms with E-state index in [2.05, 4.69) is 4.72 Å². The van der Waals surface area contributed by atoms with Crippen molar-refractivity contribution in [3.8, 4) is 0 Å². The maximum atomic E-state index is 11.4. The molecule has 0 aliphatic heterocycles. The molecule has 1 unspecified atom stereocenters.